The zero-order valence-electron chi connectivity index (χ0n) is 10.8. The van der Waals surface area contributed by atoms with E-state index >= 15 is 0 Å². The molecule has 4 nitrogen and oxygen atoms in total. The van der Waals surface area contributed by atoms with Gasteiger partial charge in [-0.15, -0.1) is 0 Å². The van der Waals surface area contributed by atoms with Crippen molar-refractivity contribution >= 4 is 12.6 Å². The Labute approximate surface area is 107 Å². The minimum atomic E-state index is -1.69. The molecule has 0 amide bonds. The molecule has 0 aliphatic carbocycles. The van der Waals surface area contributed by atoms with Gasteiger partial charge in [0.2, 0.25) is 0 Å². The fraction of sp³-hybridized carbons (Fsp3) is 0.500. The summed E-state index contributed by atoms with van der Waals surface area (Å²) in [4.78, 5) is 2.18. The fourth-order valence-corrected chi connectivity index (χ4v) is 1.65. The molecule has 0 aliphatic heterocycles. The molecule has 6 heteroatoms. The van der Waals surface area contributed by atoms with Gasteiger partial charge in [-0.3, -0.25) is 0 Å². The van der Waals surface area contributed by atoms with Crippen LogP contribution in [0.1, 0.15) is 13.8 Å². The topological polar surface area (TPSA) is 52.9 Å². The summed E-state index contributed by atoms with van der Waals surface area (Å²) in [7, 11) is -1.69. The Kier molecular flexibility index (Phi) is 6.11. The van der Waals surface area contributed by atoms with Crippen LogP contribution >= 0.6 is 0 Å². The predicted octanol–water partition coefficient (Wildman–Crippen LogP) is 0.226. The van der Waals surface area contributed by atoms with E-state index in [0.717, 1.165) is 25.7 Å². The van der Waals surface area contributed by atoms with Crippen molar-refractivity contribution in [2.45, 2.75) is 13.8 Å². The van der Waals surface area contributed by atoms with Crippen molar-refractivity contribution < 1.29 is 19.2 Å². The van der Waals surface area contributed by atoms with Crippen LogP contribution in [-0.2, 0) is 0 Å². The van der Waals surface area contributed by atoms with Crippen LogP contribution in [-0.4, -0.2) is 48.3 Å². The molecule has 0 unspecified atom stereocenters. The van der Waals surface area contributed by atoms with E-state index in [1.165, 1.54) is 12.1 Å². The van der Waals surface area contributed by atoms with Crippen molar-refractivity contribution in [3.05, 3.63) is 24.0 Å². The average molecular weight is 255 g/mol. The Bertz CT molecular complexity index is 372. The predicted molar refractivity (Wildman–Crippen MR) is 69.5 cm³/mol. The highest BCUT2D eigenvalue weighted by atomic mass is 19.1. The maximum absolute atomic E-state index is 13.2. The van der Waals surface area contributed by atoms with Crippen LogP contribution in [0.3, 0.4) is 0 Å². The quantitative estimate of drug-likeness (QED) is 0.685. The van der Waals surface area contributed by atoms with Gasteiger partial charge in [-0.05, 0) is 30.7 Å². The Morgan fingerprint density at radius 3 is 2.44 bits per heavy atom. The number of hydrogen-bond donors (Lipinski definition) is 2. The van der Waals surface area contributed by atoms with Crippen LogP contribution in [0.25, 0.3) is 0 Å². The van der Waals surface area contributed by atoms with Crippen LogP contribution in [0.15, 0.2) is 18.2 Å². The highest BCUT2D eigenvalue weighted by Gasteiger charge is 2.13. The molecule has 0 aromatic heterocycles. The number of hydrogen-bond acceptors (Lipinski definition) is 4. The highest BCUT2D eigenvalue weighted by Crippen LogP contribution is 2.11. The zero-order chi connectivity index (χ0) is 13.5. The van der Waals surface area contributed by atoms with Gasteiger partial charge in [0, 0.05) is 12.6 Å². The highest BCUT2D eigenvalue weighted by molar-refractivity contribution is 6.58. The molecule has 1 rings (SSSR count). The third kappa shape index (κ3) is 4.64. The molecule has 0 fully saturated rings. The van der Waals surface area contributed by atoms with Gasteiger partial charge in [-0.1, -0.05) is 13.8 Å². The first-order valence-corrected chi connectivity index (χ1v) is 6.08. The minimum Gasteiger partial charge on any atom is -0.492 e. The van der Waals surface area contributed by atoms with E-state index in [-0.39, 0.29) is 5.46 Å². The summed E-state index contributed by atoms with van der Waals surface area (Å²) in [5, 5.41) is 18.0. The normalized spacial score (nSPS) is 10.8. The number of nitrogens with zero attached hydrogens (tertiary/aromatic N) is 1. The van der Waals surface area contributed by atoms with Gasteiger partial charge in [0.25, 0.3) is 0 Å². The smallest absolute Gasteiger partial charge is 0.488 e. The molecule has 0 saturated heterocycles. The number of rotatable bonds is 7. The molecule has 0 heterocycles. The van der Waals surface area contributed by atoms with Gasteiger partial charge >= 0.3 is 7.12 Å². The van der Waals surface area contributed by atoms with Crippen LogP contribution in [0.4, 0.5) is 4.39 Å². The average Bonchev–Trinajstić information content (AvgIpc) is 2.34. The Morgan fingerprint density at radius 2 is 1.89 bits per heavy atom. The van der Waals surface area contributed by atoms with Crippen LogP contribution in [0, 0.1) is 5.82 Å². The molecule has 0 aliphatic rings. The molecule has 0 saturated carbocycles. The zero-order valence-corrected chi connectivity index (χ0v) is 10.8. The molecule has 0 atom stereocenters. The van der Waals surface area contributed by atoms with E-state index in [0.29, 0.717) is 12.4 Å². The van der Waals surface area contributed by atoms with E-state index < -0.39 is 12.9 Å². The molecule has 100 valence electrons. The summed E-state index contributed by atoms with van der Waals surface area (Å²) in [6, 6.07) is 3.73. The second kappa shape index (κ2) is 7.36. The lowest BCUT2D eigenvalue weighted by molar-refractivity contribution is 0.222. The van der Waals surface area contributed by atoms with Gasteiger partial charge in [0.15, 0.2) is 0 Å². The maximum Gasteiger partial charge on any atom is 0.488 e. The Balaban J connectivity index is 2.56. The number of likely N-dealkylation sites (N-methyl/N-ethyl adjacent to an activating group) is 1. The monoisotopic (exact) mass is 255 g/mol. The van der Waals surface area contributed by atoms with Crippen LogP contribution in [0.2, 0.25) is 0 Å². The lowest BCUT2D eigenvalue weighted by atomic mass is 9.80. The standard InChI is InChI=1S/C12H19BFNO3/c1-3-15(4-2)5-6-18-12-8-10(13(16)17)7-11(14)9-12/h7-9,16-17H,3-6H2,1-2H3. The van der Waals surface area contributed by atoms with E-state index in [4.69, 9.17) is 14.8 Å². The summed E-state index contributed by atoms with van der Waals surface area (Å²) in [6.45, 7) is 7.18. The fourth-order valence-electron chi connectivity index (χ4n) is 1.65. The van der Waals surface area contributed by atoms with E-state index in [9.17, 15) is 4.39 Å². The van der Waals surface area contributed by atoms with Crippen molar-refractivity contribution in [1.82, 2.24) is 4.90 Å². The third-order valence-electron chi connectivity index (χ3n) is 2.76. The number of ether oxygens (including phenoxy) is 1. The molecule has 0 radical (unpaired) electrons. The lowest BCUT2D eigenvalue weighted by Gasteiger charge is -2.18. The second-order valence-electron chi connectivity index (χ2n) is 3.97. The molecule has 2 N–H and O–H groups in total. The molecular formula is C12H19BFNO3. The first-order chi connectivity index (χ1) is 8.56. The van der Waals surface area contributed by atoms with Crippen molar-refractivity contribution in [2.24, 2.45) is 0 Å². The largest absolute Gasteiger partial charge is 0.492 e. The first kappa shape index (κ1) is 15.0. The maximum atomic E-state index is 13.2. The molecular weight excluding hydrogens is 236 g/mol. The van der Waals surface area contributed by atoms with Crippen molar-refractivity contribution in [2.75, 3.05) is 26.2 Å². The third-order valence-corrected chi connectivity index (χ3v) is 2.76. The SMILES string of the molecule is CCN(CC)CCOc1cc(F)cc(B(O)O)c1. The summed E-state index contributed by atoms with van der Waals surface area (Å²) < 4.78 is 18.6. The molecule has 0 spiro atoms. The van der Waals surface area contributed by atoms with Gasteiger partial charge in [0.05, 0.1) is 0 Å². The molecule has 0 bridgehead atoms. The molecule has 1 aromatic carbocycles. The molecule has 1 aromatic rings. The van der Waals surface area contributed by atoms with Crippen LogP contribution < -0.4 is 10.2 Å². The Hall–Kier alpha value is -1.11. The number of benzene rings is 1. The Morgan fingerprint density at radius 1 is 1.22 bits per heavy atom. The van der Waals surface area contributed by atoms with E-state index in [2.05, 4.69) is 18.7 Å². The van der Waals surface area contributed by atoms with Gasteiger partial charge in [0.1, 0.15) is 18.2 Å². The second-order valence-corrected chi connectivity index (χ2v) is 3.97. The summed E-state index contributed by atoms with van der Waals surface area (Å²) in [5.41, 5.74) is 0.0906. The number of halogens is 1. The van der Waals surface area contributed by atoms with Crippen molar-refractivity contribution in [1.29, 1.82) is 0 Å². The van der Waals surface area contributed by atoms with Gasteiger partial charge < -0.3 is 19.7 Å². The molecule has 18 heavy (non-hydrogen) atoms. The van der Waals surface area contributed by atoms with Gasteiger partial charge in [-0.2, -0.15) is 0 Å². The van der Waals surface area contributed by atoms with E-state index in [1.807, 2.05) is 0 Å². The van der Waals surface area contributed by atoms with Gasteiger partial charge in [-0.25, -0.2) is 4.39 Å². The minimum absolute atomic E-state index is 0.0906. The summed E-state index contributed by atoms with van der Waals surface area (Å²) in [6.07, 6.45) is 0. The van der Waals surface area contributed by atoms with Crippen LogP contribution in [0.5, 0.6) is 5.75 Å². The first-order valence-electron chi connectivity index (χ1n) is 6.08. The lowest BCUT2D eigenvalue weighted by Crippen LogP contribution is -2.31. The summed E-state index contributed by atoms with van der Waals surface area (Å²) >= 11 is 0. The van der Waals surface area contributed by atoms with Crippen molar-refractivity contribution in [3.63, 3.8) is 0 Å². The van der Waals surface area contributed by atoms with Crippen molar-refractivity contribution in [3.8, 4) is 5.75 Å². The van der Waals surface area contributed by atoms with E-state index in [1.54, 1.807) is 0 Å². The summed E-state index contributed by atoms with van der Waals surface area (Å²) in [5.74, 6) is -0.233.